The Morgan fingerprint density at radius 3 is 1.93 bits per heavy atom. The number of carboxylic acid groups (broad SMARTS) is 3. The second kappa shape index (κ2) is 17.4. The summed E-state index contributed by atoms with van der Waals surface area (Å²) in [6, 6.07) is -3.13. The van der Waals surface area contributed by atoms with Crippen LogP contribution in [0, 0.1) is 4.91 Å². The second-order valence-electron chi connectivity index (χ2n) is 5.54. The smallest absolute Gasteiger partial charge is 0.322 e. The van der Waals surface area contributed by atoms with Crippen molar-refractivity contribution in [3.63, 3.8) is 0 Å². The van der Waals surface area contributed by atoms with E-state index < -0.39 is 54.4 Å². The molecule has 9 N–H and O–H groups in total. The number of nitroso groups, excluding NO2 is 1. The zero-order valence-corrected chi connectivity index (χ0v) is 17.4. The van der Waals surface area contributed by atoms with Crippen molar-refractivity contribution >= 4 is 54.3 Å². The van der Waals surface area contributed by atoms with Gasteiger partial charge >= 0.3 is 17.9 Å². The third kappa shape index (κ3) is 16.5. The van der Waals surface area contributed by atoms with Crippen LogP contribution < -0.4 is 22.1 Å². The van der Waals surface area contributed by atoms with Crippen molar-refractivity contribution in [2.24, 2.45) is 16.0 Å². The van der Waals surface area contributed by atoms with E-state index in [2.05, 4.69) is 27.8 Å². The summed E-state index contributed by atoms with van der Waals surface area (Å²) in [6.07, 6.45) is 0.0531. The maximum Gasteiger partial charge on any atom is 0.322 e. The molecule has 14 nitrogen and oxygen atoms in total. The molecular formula is C14H25N5O9S2. The topological polar surface area (TPSA) is 252 Å². The Labute approximate surface area is 181 Å². The summed E-state index contributed by atoms with van der Waals surface area (Å²) in [4.78, 5) is 64.1. The quantitative estimate of drug-likeness (QED) is 0.0777. The molecule has 0 aliphatic rings. The first-order valence-electron chi connectivity index (χ1n) is 8.27. The van der Waals surface area contributed by atoms with Crippen LogP contribution in [-0.2, 0) is 24.0 Å². The Bertz CT molecular complexity index is 608. The Hall–Kier alpha value is -2.43. The maximum absolute atomic E-state index is 11.7. The highest BCUT2D eigenvalue weighted by Gasteiger charge is 2.22. The fraction of sp³-hybridized carbons (Fsp3) is 0.643. The molecule has 0 aromatic heterocycles. The minimum atomic E-state index is -1.27. The molecular weight excluding hydrogens is 446 g/mol. The molecule has 0 aliphatic heterocycles. The number of carboxylic acids is 3. The average molecular weight is 472 g/mol. The zero-order chi connectivity index (χ0) is 23.7. The van der Waals surface area contributed by atoms with Gasteiger partial charge in [-0.05, 0) is 18.6 Å². The number of carbonyl (C=O) groups excluding carboxylic acids is 2. The molecule has 0 saturated carbocycles. The van der Waals surface area contributed by atoms with Crippen LogP contribution in [-0.4, -0.2) is 81.2 Å². The minimum Gasteiger partial charge on any atom is -0.480 e. The van der Waals surface area contributed by atoms with Crippen LogP contribution in [0.4, 0.5) is 0 Å². The molecule has 0 aliphatic carbocycles. The number of nitrogens with two attached hydrogens (primary N) is 2. The van der Waals surface area contributed by atoms with Crippen LogP contribution in [0.15, 0.2) is 4.58 Å². The van der Waals surface area contributed by atoms with Crippen molar-refractivity contribution in [3.8, 4) is 0 Å². The molecule has 0 aromatic carbocycles. The summed E-state index contributed by atoms with van der Waals surface area (Å²) in [5, 5.41) is 29.5. The third-order valence-electron chi connectivity index (χ3n) is 3.12. The lowest BCUT2D eigenvalue weighted by molar-refractivity contribution is -0.139. The van der Waals surface area contributed by atoms with Crippen molar-refractivity contribution in [2.45, 2.75) is 37.4 Å². The number of rotatable bonds is 14. The standard InChI is InChI=1S/C10H16N4O7S.C4H9NO2S/c11-5(10(19)20)1-2-7(15)13-6(4-22-14-21)9(18)12-3-8(16)17;5-3(1-2-8)4(6)7/h5-6H,1-4,11H2,(H,12,18)(H,13,15)(H,16,17)(H,19,20);3,8H,1-2,5H2,(H,6,7)/t5-,6-;3-/m00/s1. The lowest BCUT2D eigenvalue weighted by atomic mass is 10.1. The Morgan fingerprint density at radius 2 is 1.53 bits per heavy atom. The van der Waals surface area contributed by atoms with Gasteiger partial charge in [-0.2, -0.15) is 12.6 Å². The molecule has 0 radical (unpaired) electrons. The molecule has 2 amide bonds. The zero-order valence-electron chi connectivity index (χ0n) is 15.7. The van der Waals surface area contributed by atoms with E-state index in [4.69, 9.17) is 26.8 Å². The van der Waals surface area contributed by atoms with E-state index in [0.717, 1.165) is 0 Å². The van der Waals surface area contributed by atoms with Crippen LogP contribution in [0.1, 0.15) is 19.3 Å². The van der Waals surface area contributed by atoms with Gasteiger partial charge in [-0.15, -0.1) is 4.91 Å². The normalized spacial score (nSPS) is 12.9. The van der Waals surface area contributed by atoms with Crippen molar-refractivity contribution in [2.75, 3.05) is 18.1 Å². The number of nitrogens with one attached hydrogen (secondary N) is 2. The van der Waals surface area contributed by atoms with Crippen LogP contribution in [0.5, 0.6) is 0 Å². The maximum atomic E-state index is 11.7. The molecule has 30 heavy (non-hydrogen) atoms. The first-order valence-corrected chi connectivity index (χ1v) is 9.84. The Kier molecular flexibility index (Phi) is 17.3. The van der Waals surface area contributed by atoms with Crippen LogP contribution in [0.2, 0.25) is 0 Å². The summed E-state index contributed by atoms with van der Waals surface area (Å²) in [5.41, 5.74) is 10.3. The number of amides is 2. The molecule has 0 spiro atoms. The summed E-state index contributed by atoms with van der Waals surface area (Å²) < 4.78 is 2.48. The lowest BCUT2D eigenvalue weighted by Crippen LogP contribution is -2.49. The summed E-state index contributed by atoms with van der Waals surface area (Å²) in [5.74, 6) is -4.61. The first kappa shape index (κ1) is 29.8. The van der Waals surface area contributed by atoms with E-state index in [1.54, 1.807) is 0 Å². The highest BCUT2D eigenvalue weighted by atomic mass is 32.2. The number of nitrogens with zero attached hydrogens (tertiary/aromatic N) is 1. The summed E-state index contributed by atoms with van der Waals surface area (Å²) >= 11 is 4.29. The molecule has 0 fully saturated rings. The Balaban J connectivity index is 0. The van der Waals surface area contributed by atoms with Crippen molar-refractivity contribution in [3.05, 3.63) is 4.91 Å². The minimum absolute atomic E-state index is 0.135. The molecule has 0 bridgehead atoms. The van der Waals surface area contributed by atoms with Gasteiger partial charge in [0.1, 0.15) is 24.7 Å². The van der Waals surface area contributed by atoms with Gasteiger partial charge in [0.2, 0.25) is 11.8 Å². The summed E-state index contributed by atoms with van der Waals surface area (Å²) in [6.45, 7) is -0.645. The van der Waals surface area contributed by atoms with Gasteiger partial charge in [0.25, 0.3) is 0 Å². The van der Waals surface area contributed by atoms with Crippen LogP contribution >= 0.6 is 24.6 Å². The Morgan fingerprint density at radius 1 is 1.00 bits per heavy atom. The highest BCUT2D eigenvalue weighted by Crippen LogP contribution is 2.05. The number of carbonyl (C=O) groups is 5. The average Bonchev–Trinajstić information content (AvgIpc) is 2.67. The lowest BCUT2D eigenvalue weighted by Gasteiger charge is -2.16. The van der Waals surface area contributed by atoms with Gasteiger partial charge in [-0.1, -0.05) is 0 Å². The van der Waals surface area contributed by atoms with E-state index in [1.165, 1.54) is 0 Å². The van der Waals surface area contributed by atoms with E-state index in [-0.39, 0.29) is 18.6 Å². The highest BCUT2D eigenvalue weighted by molar-refractivity contribution is 7.97. The molecule has 0 heterocycles. The van der Waals surface area contributed by atoms with Crippen molar-refractivity contribution in [1.82, 2.24) is 10.6 Å². The molecule has 172 valence electrons. The van der Waals surface area contributed by atoms with Gasteiger partial charge in [-0.3, -0.25) is 24.0 Å². The molecule has 0 unspecified atom stereocenters. The molecule has 3 atom stereocenters. The van der Waals surface area contributed by atoms with Gasteiger partial charge < -0.3 is 37.4 Å². The first-order chi connectivity index (χ1) is 14.0. The molecule has 16 heteroatoms. The van der Waals surface area contributed by atoms with Crippen molar-refractivity contribution in [1.29, 1.82) is 0 Å². The van der Waals surface area contributed by atoms with Gasteiger partial charge in [0.05, 0.1) is 0 Å². The molecule has 0 rings (SSSR count). The molecule has 0 saturated heterocycles. The van der Waals surface area contributed by atoms with E-state index >= 15 is 0 Å². The second-order valence-corrected chi connectivity index (χ2v) is 6.73. The number of hydrogen-bond acceptors (Lipinski definition) is 11. The third-order valence-corrected chi connectivity index (χ3v) is 3.96. The summed E-state index contributed by atoms with van der Waals surface area (Å²) in [7, 11) is 0. The SMILES string of the molecule is N[C@@H](CCC(=O)N[C@@H](CSN=O)C(=O)NCC(=O)O)C(=O)O.N[C@@H](CCS)C(=O)O. The number of aliphatic carboxylic acids is 3. The fourth-order valence-corrected chi connectivity index (χ4v) is 2.24. The van der Waals surface area contributed by atoms with E-state index in [9.17, 15) is 28.9 Å². The van der Waals surface area contributed by atoms with Gasteiger partial charge in [0.15, 0.2) is 0 Å². The van der Waals surface area contributed by atoms with Gasteiger partial charge in [-0.25, -0.2) is 0 Å². The largest absolute Gasteiger partial charge is 0.480 e. The van der Waals surface area contributed by atoms with E-state index in [0.29, 0.717) is 24.1 Å². The van der Waals surface area contributed by atoms with Gasteiger partial charge in [0, 0.05) is 28.7 Å². The number of hydrogen-bond donors (Lipinski definition) is 8. The monoisotopic (exact) mass is 471 g/mol. The van der Waals surface area contributed by atoms with Crippen LogP contribution in [0.25, 0.3) is 0 Å². The van der Waals surface area contributed by atoms with Crippen LogP contribution in [0.3, 0.4) is 0 Å². The molecule has 0 aromatic rings. The predicted molar refractivity (Wildman–Crippen MR) is 110 cm³/mol. The number of thiol groups is 1. The predicted octanol–water partition coefficient (Wildman–Crippen LogP) is -2.00. The van der Waals surface area contributed by atoms with Crippen molar-refractivity contribution < 1.29 is 39.3 Å². The van der Waals surface area contributed by atoms with E-state index in [1.807, 2.05) is 0 Å². The fourth-order valence-electron chi connectivity index (χ4n) is 1.51.